The fourth-order valence-corrected chi connectivity index (χ4v) is 2.94. The van der Waals surface area contributed by atoms with Crippen molar-refractivity contribution < 1.29 is 4.79 Å². The second kappa shape index (κ2) is 3.84. The van der Waals surface area contributed by atoms with Gasteiger partial charge in [-0.05, 0) is 42.9 Å². The van der Waals surface area contributed by atoms with E-state index < -0.39 is 0 Å². The van der Waals surface area contributed by atoms with E-state index in [1.165, 1.54) is 22.4 Å². The molecule has 90 valence electrons. The van der Waals surface area contributed by atoms with E-state index in [2.05, 4.69) is 12.1 Å². The summed E-state index contributed by atoms with van der Waals surface area (Å²) in [6, 6.07) is 4.45. The van der Waals surface area contributed by atoms with Crippen LogP contribution < -0.4 is 10.6 Å². The maximum absolute atomic E-state index is 11.9. The molecular weight excluding hydrogens is 212 g/mol. The monoisotopic (exact) mass is 230 g/mol. The molecule has 1 unspecified atom stereocenters. The van der Waals surface area contributed by atoms with Gasteiger partial charge in [-0.15, -0.1) is 0 Å². The maximum atomic E-state index is 11.9. The molecule has 0 saturated carbocycles. The summed E-state index contributed by atoms with van der Waals surface area (Å²) in [6.07, 6.45) is 3.67. The summed E-state index contributed by atoms with van der Waals surface area (Å²) in [7, 11) is 0. The van der Waals surface area contributed by atoms with Crippen molar-refractivity contribution in [1.29, 1.82) is 0 Å². The Labute approximate surface area is 102 Å². The number of hydrogen-bond donors (Lipinski definition) is 1. The van der Waals surface area contributed by atoms with Crippen LogP contribution in [0.1, 0.15) is 42.5 Å². The van der Waals surface area contributed by atoms with Crippen LogP contribution in [0.4, 0.5) is 5.69 Å². The minimum Gasteiger partial charge on any atom is -0.324 e. The van der Waals surface area contributed by atoms with Gasteiger partial charge in [-0.2, -0.15) is 0 Å². The minimum absolute atomic E-state index is 0.0737. The zero-order valence-corrected chi connectivity index (χ0v) is 10.2. The van der Waals surface area contributed by atoms with Gasteiger partial charge in [-0.1, -0.05) is 12.1 Å². The fraction of sp³-hybridized carbons (Fsp3) is 0.500. The smallest absolute Gasteiger partial charge is 0.227 e. The van der Waals surface area contributed by atoms with Gasteiger partial charge < -0.3 is 10.6 Å². The molecule has 2 heterocycles. The molecule has 0 fully saturated rings. The number of nitrogens with two attached hydrogens (primary N) is 1. The summed E-state index contributed by atoms with van der Waals surface area (Å²) in [5.41, 5.74) is 11.0. The van der Waals surface area contributed by atoms with Crippen molar-refractivity contribution in [1.82, 2.24) is 0 Å². The van der Waals surface area contributed by atoms with Crippen LogP contribution in [0.15, 0.2) is 12.1 Å². The highest BCUT2D eigenvalue weighted by molar-refractivity contribution is 5.97. The van der Waals surface area contributed by atoms with Crippen LogP contribution in [-0.2, 0) is 17.6 Å². The van der Waals surface area contributed by atoms with Crippen LogP contribution in [0.2, 0.25) is 0 Å². The number of anilines is 1. The molecular formula is C14H18N2O. The van der Waals surface area contributed by atoms with Gasteiger partial charge in [0, 0.05) is 19.0 Å². The lowest BCUT2D eigenvalue weighted by molar-refractivity contribution is -0.119. The average Bonchev–Trinajstić information content (AvgIpc) is 2.33. The number of carbonyl (C=O) groups excluding carboxylic acids is 1. The largest absolute Gasteiger partial charge is 0.324 e. The van der Waals surface area contributed by atoms with Gasteiger partial charge in [0.2, 0.25) is 5.91 Å². The third-order valence-corrected chi connectivity index (χ3v) is 3.82. The number of benzene rings is 1. The van der Waals surface area contributed by atoms with E-state index in [-0.39, 0.29) is 11.9 Å². The molecule has 0 aromatic heterocycles. The molecule has 0 bridgehead atoms. The Bertz CT molecular complexity index is 462. The lowest BCUT2D eigenvalue weighted by Crippen LogP contribution is -2.39. The molecule has 2 aliphatic rings. The van der Waals surface area contributed by atoms with Crippen molar-refractivity contribution in [3.63, 3.8) is 0 Å². The second-order valence-electron chi connectivity index (χ2n) is 5.13. The molecule has 1 aromatic carbocycles. The third-order valence-electron chi connectivity index (χ3n) is 3.82. The van der Waals surface area contributed by atoms with E-state index in [0.717, 1.165) is 25.8 Å². The van der Waals surface area contributed by atoms with Crippen LogP contribution in [0, 0.1) is 0 Å². The van der Waals surface area contributed by atoms with E-state index in [4.69, 9.17) is 5.73 Å². The van der Waals surface area contributed by atoms with Crippen molar-refractivity contribution in [2.75, 3.05) is 11.4 Å². The Morgan fingerprint density at radius 2 is 1.94 bits per heavy atom. The molecule has 0 spiro atoms. The van der Waals surface area contributed by atoms with Crippen molar-refractivity contribution in [2.45, 2.75) is 38.6 Å². The number of hydrogen-bond acceptors (Lipinski definition) is 2. The highest BCUT2D eigenvalue weighted by atomic mass is 16.2. The van der Waals surface area contributed by atoms with Crippen LogP contribution in [0.25, 0.3) is 0 Å². The Morgan fingerprint density at radius 1 is 1.24 bits per heavy atom. The summed E-state index contributed by atoms with van der Waals surface area (Å²) < 4.78 is 0. The molecule has 2 aliphatic heterocycles. The first kappa shape index (κ1) is 10.8. The summed E-state index contributed by atoms with van der Waals surface area (Å²) in [5, 5.41) is 0. The molecule has 0 aliphatic carbocycles. The fourth-order valence-electron chi connectivity index (χ4n) is 2.94. The highest BCUT2D eigenvalue weighted by Crippen LogP contribution is 2.37. The van der Waals surface area contributed by atoms with Crippen LogP contribution in [0.5, 0.6) is 0 Å². The average molecular weight is 230 g/mol. The normalized spacial score (nSPS) is 20.1. The topological polar surface area (TPSA) is 46.3 Å². The predicted octanol–water partition coefficient (Wildman–Crippen LogP) is 1.93. The van der Waals surface area contributed by atoms with E-state index in [1.807, 2.05) is 11.8 Å². The van der Waals surface area contributed by atoms with E-state index in [0.29, 0.717) is 6.42 Å². The van der Waals surface area contributed by atoms with Gasteiger partial charge in [0.25, 0.3) is 0 Å². The molecule has 0 saturated heterocycles. The van der Waals surface area contributed by atoms with Gasteiger partial charge in [0.05, 0.1) is 5.69 Å². The van der Waals surface area contributed by atoms with Crippen molar-refractivity contribution in [2.24, 2.45) is 5.73 Å². The third kappa shape index (κ3) is 1.65. The lowest BCUT2D eigenvalue weighted by atomic mass is 9.88. The second-order valence-corrected chi connectivity index (χ2v) is 5.13. The first-order valence-corrected chi connectivity index (χ1v) is 6.38. The molecule has 1 atom stereocenters. The zero-order valence-electron chi connectivity index (χ0n) is 10.2. The van der Waals surface area contributed by atoms with E-state index in [9.17, 15) is 4.79 Å². The number of rotatable bonds is 1. The van der Waals surface area contributed by atoms with Crippen molar-refractivity contribution >= 4 is 11.6 Å². The summed E-state index contributed by atoms with van der Waals surface area (Å²) >= 11 is 0. The Morgan fingerprint density at radius 3 is 2.65 bits per heavy atom. The van der Waals surface area contributed by atoms with E-state index >= 15 is 0 Å². The predicted molar refractivity (Wildman–Crippen MR) is 68.0 cm³/mol. The van der Waals surface area contributed by atoms with Gasteiger partial charge in [0.1, 0.15) is 0 Å². The Hall–Kier alpha value is -1.35. The standard InChI is InChI=1S/C14H18N2O/c1-9(15)12-7-10-3-2-6-16-13(17)5-4-11(8-12)14(10)16/h7-9H,2-6,15H2,1H3. The van der Waals surface area contributed by atoms with Crippen LogP contribution in [0.3, 0.4) is 0 Å². The molecule has 3 rings (SSSR count). The first-order valence-electron chi connectivity index (χ1n) is 6.38. The van der Waals surface area contributed by atoms with Crippen LogP contribution >= 0.6 is 0 Å². The molecule has 3 heteroatoms. The van der Waals surface area contributed by atoms with Gasteiger partial charge in [-0.3, -0.25) is 4.79 Å². The van der Waals surface area contributed by atoms with Crippen molar-refractivity contribution in [3.8, 4) is 0 Å². The van der Waals surface area contributed by atoms with Gasteiger partial charge in [-0.25, -0.2) is 0 Å². The maximum Gasteiger partial charge on any atom is 0.227 e. The van der Waals surface area contributed by atoms with Crippen LogP contribution in [-0.4, -0.2) is 12.5 Å². The number of aryl methyl sites for hydroxylation is 2. The molecule has 1 aromatic rings. The minimum atomic E-state index is 0.0737. The zero-order chi connectivity index (χ0) is 12.0. The van der Waals surface area contributed by atoms with Gasteiger partial charge in [0.15, 0.2) is 0 Å². The van der Waals surface area contributed by atoms with Crippen molar-refractivity contribution in [3.05, 3.63) is 28.8 Å². The molecule has 0 radical (unpaired) electrons. The molecule has 2 N–H and O–H groups in total. The molecule has 3 nitrogen and oxygen atoms in total. The number of nitrogens with zero attached hydrogens (tertiary/aromatic N) is 1. The highest BCUT2D eigenvalue weighted by Gasteiger charge is 2.29. The SMILES string of the molecule is CC(N)c1cc2c3c(c1)CCC(=O)N3CCC2. The van der Waals surface area contributed by atoms with E-state index in [1.54, 1.807) is 0 Å². The first-order chi connectivity index (χ1) is 8.16. The number of carbonyl (C=O) groups is 1. The summed E-state index contributed by atoms with van der Waals surface area (Å²) in [5.74, 6) is 0.284. The summed E-state index contributed by atoms with van der Waals surface area (Å²) in [4.78, 5) is 13.9. The molecule has 1 amide bonds. The number of amides is 1. The summed E-state index contributed by atoms with van der Waals surface area (Å²) in [6.45, 7) is 2.90. The Kier molecular flexibility index (Phi) is 2.44. The van der Waals surface area contributed by atoms with Gasteiger partial charge >= 0.3 is 0 Å². The Balaban J connectivity index is 2.16. The molecule has 17 heavy (non-hydrogen) atoms. The quantitative estimate of drug-likeness (QED) is 0.801. The lowest BCUT2D eigenvalue weighted by Gasteiger charge is -2.35.